The van der Waals surface area contributed by atoms with Gasteiger partial charge in [-0.2, -0.15) is 0 Å². The van der Waals surface area contributed by atoms with Crippen LogP contribution in [0.4, 0.5) is 0 Å². The monoisotopic (exact) mass is 242 g/mol. The Morgan fingerprint density at radius 3 is 2.44 bits per heavy atom. The highest BCUT2D eigenvalue weighted by molar-refractivity contribution is 5.27. The number of aliphatic hydroxyl groups excluding tert-OH is 1. The quantitative estimate of drug-likeness (QED) is 0.844. The van der Waals surface area contributed by atoms with Gasteiger partial charge in [0, 0.05) is 12.7 Å². The Morgan fingerprint density at radius 2 is 1.83 bits per heavy atom. The zero-order valence-electron chi connectivity index (χ0n) is 10.5. The fourth-order valence-corrected chi connectivity index (χ4v) is 1.87. The summed E-state index contributed by atoms with van der Waals surface area (Å²) in [5.74, 6) is 0. The first-order valence-corrected chi connectivity index (χ1v) is 6.14. The molecular formula is C15H18N2O. The van der Waals surface area contributed by atoms with Gasteiger partial charge in [0.05, 0.1) is 17.8 Å². The highest BCUT2D eigenvalue weighted by Crippen LogP contribution is 2.19. The van der Waals surface area contributed by atoms with Crippen LogP contribution in [-0.4, -0.2) is 22.7 Å². The third kappa shape index (κ3) is 3.39. The molecular weight excluding hydrogens is 224 g/mol. The Kier molecular flexibility index (Phi) is 4.45. The first-order chi connectivity index (χ1) is 8.77. The normalized spacial score (nSPS) is 14.1. The molecule has 0 saturated carbocycles. The van der Waals surface area contributed by atoms with Gasteiger partial charge in [-0.05, 0) is 24.6 Å². The number of nitrogens with one attached hydrogen (secondary N) is 1. The van der Waals surface area contributed by atoms with Gasteiger partial charge in [-0.1, -0.05) is 36.4 Å². The summed E-state index contributed by atoms with van der Waals surface area (Å²) in [7, 11) is 0. The smallest absolute Gasteiger partial charge is 0.0752 e. The van der Waals surface area contributed by atoms with E-state index in [0.29, 0.717) is 6.54 Å². The first kappa shape index (κ1) is 12.7. The summed E-state index contributed by atoms with van der Waals surface area (Å²) in [5.41, 5.74) is 2.11. The molecule has 1 aromatic carbocycles. The fourth-order valence-electron chi connectivity index (χ4n) is 1.87. The first-order valence-electron chi connectivity index (χ1n) is 6.14. The van der Waals surface area contributed by atoms with Gasteiger partial charge in [0.15, 0.2) is 0 Å². The van der Waals surface area contributed by atoms with E-state index in [4.69, 9.17) is 0 Å². The van der Waals surface area contributed by atoms with Crippen molar-refractivity contribution in [2.45, 2.75) is 19.1 Å². The topological polar surface area (TPSA) is 45.1 Å². The average molecular weight is 242 g/mol. The largest absolute Gasteiger partial charge is 0.392 e. The molecule has 0 saturated heterocycles. The lowest BCUT2D eigenvalue weighted by Crippen LogP contribution is -2.30. The van der Waals surface area contributed by atoms with Crippen LogP contribution in [0.15, 0.2) is 54.7 Å². The lowest BCUT2D eigenvalue weighted by atomic mass is 10.0. The average Bonchev–Trinajstić information content (AvgIpc) is 2.41. The van der Waals surface area contributed by atoms with E-state index < -0.39 is 0 Å². The van der Waals surface area contributed by atoms with Gasteiger partial charge in [0.25, 0.3) is 0 Å². The van der Waals surface area contributed by atoms with E-state index in [9.17, 15) is 5.11 Å². The highest BCUT2D eigenvalue weighted by Gasteiger charge is 2.14. The van der Waals surface area contributed by atoms with Crippen molar-refractivity contribution in [3.8, 4) is 0 Å². The molecule has 2 aromatic rings. The van der Waals surface area contributed by atoms with Crippen LogP contribution in [0.1, 0.15) is 24.2 Å². The summed E-state index contributed by atoms with van der Waals surface area (Å²) in [6.45, 7) is 2.31. The lowest BCUT2D eigenvalue weighted by molar-refractivity contribution is 0.188. The number of hydrogen-bond donors (Lipinski definition) is 2. The molecule has 0 spiro atoms. The zero-order chi connectivity index (χ0) is 12.8. The summed E-state index contributed by atoms with van der Waals surface area (Å²) in [4.78, 5) is 4.39. The Hall–Kier alpha value is -1.71. The maximum atomic E-state index is 9.41. The highest BCUT2D eigenvalue weighted by atomic mass is 16.3. The number of benzene rings is 1. The number of rotatable bonds is 5. The van der Waals surface area contributed by atoms with Crippen molar-refractivity contribution in [2.75, 3.05) is 6.54 Å². The van der Waals surface area contributed by atoms with Crippen LogP contribution in [0.25, 0.3) is 0 Å². The van der Waals surface area contributed by atoms with Crippen LogP contribution >= 0.6 is 0 Å². The van der Waals surface area contributed by atoms with Gasteiger partial charge in [0.1, 0.15) is 0 Å². The van der Waals surface area contributed by atoms with Crippen molar-refractivity contribution >= 4 is 0 Å². The van der Waals surface area contributed by atoms with E-state index in [2.05, 4.69) is 22.4 Å². The minimum Gasteiger partial charge on any atom is -0.392 e. The fraction of sp³-hybridized carbons (Fsp3) is 0.267. The Bertz CT molecular complexity index is 417. The molecule has 0 radical (unpaired) electrons. The van der Waals surface area contributed by atoms with Crippen LogP contribution in [0.3, 0.4) is 0 Å². The summed E-state index contributed by atoms with van der Waals surface area (Å²) < 4.78 is 0. The molecule has 3 nitrogen and oxygen atoms in total. The van der Waals surface area contributed by atoms with Crippen LogP contribution < -0.4 is 5.32 Å². The zero-order valence-corrected chi connectivity index (χ0v) is 10.5. The Morgan fingerprint density at radius 1 is 1.11 bits per heavy atom. The summed E-state index contributed by atoms with van der Waals surface area (Å²) in [5, 5.41) is 12.8. The van der Waals surface area contributed by atoms with Crippen LogP contribution in [0.2, 0.25) is 0 Å². The van der Waals surface area contributed by atoms with E-state index in [0.717, 1.165) is 11.3 Å². The summed E-state index contributed by atoms with van der Waals surface area (Å²) >= 11 is 0. The molecule has 0 aliphatic heterocycles. The van der Waals surface area contributed by atoms with Crippen molar-refractivity contribution in [3.63, 3.8) is 0 Å². The number of nitrogens with zero attached hydrogens (tertiary/aromatic N) is 1. The minimum atomic E-state index is -0.375. The molecule has 2 atom stereocenters. The lowest BCUT2D eigenvalue weighted by Gasteiger charge is -2.19. The van der Waals surface area contributed by atoms with Crippen LogP contribution in [-0.2, 0) is 0 Å². The molecule has 2 unspecified atom stereocenters. The van der Waals surface area contributed by atoms with Crippen LogP contribution in [0.5, 0.6) is 0 Å². The maximum Gasteiger partial charge on any atom is 0.0752 e. The van der Waals surface area contributed by atoms with Crippen molar-refractivity contribution < 1.29 is 5.11 Å². The van der Waals surface area contributed by atoms with E-state index in [1.807, 2.05) is 36.4 Å². The summed E-state index contributed by atoms with van der Waals surface area (Å²) in [6.07, 6.45) is 1.41. The standard InChI is InChI=1S/C15H18N2O/c1-12(18)11-17-15(13-7-3-2-4-8-13)14-9-5-6-10-16-14/h2-10,12,15,17-18H,11H2,1H3. The second kappa shape index (κ2) is 6.28. The van der Waals surface area contributed by atoms with E-state index in [1.165, 1.54) is 0 Å². The molecule has 2 rings (SSSR count). The predicted molar refractivity (Wildman–Crippen MR) is 72.2 cm³/mol. The molecule has 18 heavy (non-hydrogen) atoms. The van der Waals surface area contributed by atoms with Gasteiger partial charge in [-0.15, -0.1) is 0 Å². The molecule has 94 valence electrons. The molecule has 0 bridgehead atoms. The van der Waals surface area contributed by atoms with Crippen molar-refractivity contribution in [2.24, 2.45) is 0 Å². The molecule has 0 aliphatic rings. The van der Waals surface area contributed by atoms with Crippen LogP contribution in [0, 0.1) is 0 Å². The predicted octanol–water partition coefficient (Wildman–Crippen LogP) is 2.14. The molecule has 3 heteroatoms. The Labute approximate surface area is 108 Å². The molecule has 1 heterocycles. The van der Waals surface area contributed by atoms with Gasteiger partial charge < -0.3 is 10.4 Å². The third-order valence-corrected chi connectivity index (χ3v) is 2.73. The van der Waals surface area contributed by atoms with Crippen molar-refractivity contribution in [1.82, 2.24) is 10.3 Å². The second-order valence-electron chi connectivity index (χ2n) is 4.36. The number of aliphatic hydroxyl groups is 1. The van der Waals surface area contributed by atoms with Gasteiger partial charge in [-0.25, -0.2) is 0 Å². The van der Waals surface area contributed by atoms with Crippen molar-refractivity contribution in [3.05, 3.63) is 66.0 Å². The number of hydrogen-bond acceptors (Lipinski definition) is 3. The summed E-state index contributed by atoms with van der Waals surface area (Å²) in [6, 6.07) is 16.0. The minimum absolute atomic E-state index is 0.0157. The van der Waals surface area contributed by atoms with E-state index in [-0.39, 0.29) is 12.1 Å². The van der Waals surface area contributed by atoms with Gasteiger partial charge in [0.2, 0.25) is 0 Å². The Balaban J connectivity index is 2.24. The maximum absolute atomic E-state index is 9.41. The third-order valence-electron chi connectivity index (χ3n) is 2.73. The molecule has 0 fully saturated rings. The SMILES string of the molecule is CC(O)CNC(c1ccccc1)c1ccccn1. The van der Waals surface area contributed by atoms with Gasteiger partial charge in [-0.3, -0.25) is 4.98 Å². The second-order valence-corrected chi connectivity index (χ2v) is 4.36. The van der Waals surface area contributed by atoms with Gasteiger partial charge >= 0.3 is 0 Å². The van der Waals surface area contributed by atoms with Crippen molar-refractivity contribution in [1.29, 1.82) is 0 Å². The molecule has 0 aliphatic carbocycles. The molecule has 2 N–H and O–H groups in total. The van der Waals surface area contributed by atoms with E-state index in [1.54, 1.807) is 13.1 Å². The number of pyridine rings is 1. The molecule has 0 amide bonds. The van der Waals surface area contributed by atoms with E-state index >= 15 is 0 Å². The molecule has 1 aromatic heterocycles. The number of aromatic nitrogens is 1.